The summed E-state index contributed by atoms with van der Waals surface area (Å²) in [6.45, 7) is 4.58. The molecule has 0 saturated heterocycles. The number of ether oxygens (including phenoxy) is 1. The molecule has 1 aromatic rings. The molecule has 5 heteroatoms. The molecule has 0 aliphatic rings. The van der Waals surface area contributed by atoms with Gasteiger partial charge in [0, 0.05) is 16.5 Å². The average Bonchev–Trinajstić information content (AvgIpc) is 2.40. The normalized spacial score (nSPS) is 13.9. The van der Waals surface area contributed by atoms with E-state index in [1.54, 1.807) is 11.8 Å². The van der Waals surface area contributed by atoms with Gasteiger partial charge in [0.05, 0.1) is 7.11 Å². The molecule has 0 bridgehead atoms. The number of benzene rings is 1. The topological polar surface area (TPSA) is 38.3 Å². The molecule has 19 heavy (non-hydrogen) atoms. The Kier molecular flexibility index (Phi) is 6.69. The third kappa shape index (κ3) is 5.05. The standard InChI is InChI=1S/C14H20ClNO2S/c1-4-16-14(2,13(17)18-3)10-19-9-11-5-7-12(15)8-6-11/h5-8,16H,4,9-10H2,1-3H3. The van der Waals surface area contributed by atoms with Crippen LogP contribution in [0, 0.1) is 0 Å². The fourth-order valence-electron chi connectivity index (χ4n) is 1.75. The lowest BCUT2D eigenvalue weighted by atomic mass is 10.1. The van der Waals surface area contributed by atoms with Gasteiger partial charge in [-0.25, -0.2) is 0 Å². The molecule has 0 spiro atoms. The highest BCUT2D eigenvalue weighted by atomic mass is 35.5. The maximum Gasteiger partial charge on any atom is 0.326 e. The van der Waals surface area contributed by atoms with Gasteiger partial charge in [-0.2, -0.15) is 11.8 Å². The molecule has 0 aromatic heterocycles. The van der Waals surface area contributed by atoms with Crippen molar-refractivity contribution in [2.24, 2.45) is 0 Å². The summed E-state index contributed by atoms with van der Waals surface area (Å²) in [4.78, 5) is 11.8. The third-order valence-corrected chi connectivity index (χ3v) is 4.35. The Balaban J connectivity index is 2.52. The number of methoxy groups -OCH3 is 1. The molecule has 1 atom stereocenters. The summed E-state index contributed by atoms with van der Waals surface area (Å²) in [6.07, 6.45) is 0. The highest BCUT2D eigenvalue weighted by Crippen LogP contribution is 2.20. The van der Waals surface area contributed by atoms with Crippen LogP contribution in [0.3, 0.4) is 0 Å². The fraction of sp³-hybridized carbons (Fsp3) is 0.500. The molecule has 1 N–H and O–H groups in total. The molecule has 0 aliphatic heterocycles. The number of hydrogen-bond donors (Lipinski definition) is 1. The highest BCUT2D eigenvalue weighted by molar-refractivity contribution is 7.98. The van der Waals surface area contributed by atoms with E-state index in [0.29, 0.717) is 5.75 Å². The lowest BCUT2D eigenvalue weighted by Gasteiger charge is -2.27. The van der Waals surface area contributed by atoms with Crippen molar-refractivity contribution in [1.82, 2.24) is 5.32 Å². The number of likely N-dealkylation sites (N-methyl/N-ethyl adjacent to an activating group) is 1. The van der Waals surface area contributed by atoms with Crippen LogP contribution in [0.25, 0.3) is 0 Å². The van der Waals surface area contributed by atoms with Crippen molar-refractivity contribution in [1.29, 1.82) is 0 Å². The quantitative estimate of drug-likeness (QED) is 0.785. The number of thioether (sulfide) groups is 1. The first-order chi connectivity index (χ1) is 9.01. The van der Waals surface area contributed by atoms with E-state index in [9.17, 15) is 4.79 Å². The van der Waals surface area contributed by atoms with Gasteiger partial charge < -0.3 is 10.1 Å². The predicted octanol–water partition coefficient (Wildman–Crippen LogP) is 3.11. The first kappa shape index (κ1) is 16.3. The van der Waals surface area contributed by atoms with Crippen LogP contribution in [0.1, 0.15) is 19.4 Å². The van der Waals surface area contributed by atoms with Crippen molar-refractivity contribution in [2.45, 2.75) is 25.1 Å². The number of carbonyl (C=O) groups is 1. The monoisotopic (exact) mass is 301 g/mol. The Bertz CT molecular complexity index is 410. The summed E-state index contributed by atoms with van der Waals surface area (Å²) in [5, 5.41) is 3.93. The van der Waals surface area contributed by atoms with Gasteiger partial charge in [-0.05, 0) is 31.2 Å². The van der Waals surface area contributed by atoms with Crippen LogP contribution in [0.15, 0.2) is 24.3 Å². The molecule has 0 heterocycles. The summed E-state index contributed by atoms with van der Waals surface area (Å²) in [7, 11) is 1.42. The molecule has 0 radical (unpaired) electrons. The zero-order valence-electron chi connectivity index (χ0n) is 11.5. The largest absolute Gasteiger partial charge is 0.468 e. The zero-order chi connectivity index (χ0) is 14.3. The molecule has 0 saturated carbocycles. The summed E-state index contributed by atoms with van der Waals surface area (Å²) in [5.74, 6) is 1.28. The van der Waals surface area contributed by atoms with Crippen LogP contribution < -0.4 is 5.32 Å². The highest BCUT2D eigenvalue weighted by Gasteiger charge is 2.33. The van der Waals surface area contributed by atoms with Gasteiger partial charge in [-0.15, -0.1) is 0 Å². The Hall–Kier alpha value is -0.710. The minimum absolute atomic E-state index is 0.224. The molecule has 1 rings (SSSR count). The van der Waals surface area contributed by atoms with E-state index < -0.39 is 5.54 Å². The molecule has 0 amide bonds. The Labute approximate surface area is 124 Å². The molecule has 1 aromatic carbocycles. The van der Waals surface area contributed by atoms with Gasteiger partial charge in [-0.3, -0.25) is 4.79 Å². The van der Waals surface area contributed by atoms with E-state index in [2.05, 4.69) is 5.32 Å². The van der Waals surface area contributed by atoms with Gasteiger partial charge in [-0.1, -0.05) is 30.7 Å². The predicted molar refractivity (Wildman–Crippen MR) is 81.7 cm³/mol. The summed E-state index contributed by atoms with van der Waals surface area (Å²) in [5.41, 5.74) is 0.554. The summed E-state index contributed by atoms with van der Waals surface area (Å²) >= 11 is 7.54. The van der Waals surface area contributed by atoms with E-state index >= 15 is 0 Å². The molecular formula is C14H20ClNO2S. The Morgan fingerprint density at radius 3 is 2.58 bits per heavy atom. The minimum atomic E-state index is -0.638. The molecule has 3 nitrogen and oxygen atoms in total. The van der Waals surface area contributed by atoms with Crippen molar-refractivity contribution in [3.8, 4) is 0 Å². The lowest BCUT2D eigenvalue weighted by Crippen LogP contribution is -2.52. The molecular weight excluding hydrogens is 282 g/mol. The second-order valence-corrected chi connectivity index (χ2v) is 5.90. The van der Waals surface area contributed by atoms with Crippen molar-refractivity contribution < 1.29 is 9.53 Å². The average molecular weight is 302 g/mol. The van der Waals surface area contributed by atoms with E-state index in [1.807, 2.05) is 38.1 Å². The van der Waals surface area contributed by atoms with Crippen LogP contribution >= 0.6 is 23.4 Å². The van der Waals surface area contributed by atoms with Crippen molar-refractivity contribution in [2.75, 3.05) is 19.4 Å². The van der Waals surface area contributed by atoms with E-state index in [0.717, 1.165) is 17.3 Å². The van der Waals surface area contributed by atoms with Crippen molar-refractivity contribution in [3.63, 3.8) is 0 Å². The van der Waals surface area contributed by atoms with Crippen LogP contribution in [0.4, 0.5) is 0 Å². The smallest absolute Gasteiger partial charge is 0.326 e. The molecule has 0 aliphatic carbocycles. The first-order valence-electron chi connectivity index (χ1n) is 6.17. The van der Waals surface area contributed by atoms with Gasteiger partial charge in [0.25, 0.3) is 0 Å². The maximum absolute atomic E-state index is 11.8. The van der Waals surface area contributed by atoms with Gasteiger partial charge in [0.2, 0.25) is 0 Å². The van der Waals surface area contributed by atoms with Crippen LogP contribution in [-0.4, -0.2) is 30.9 Å². The number of rotatable bonds is 7. The Morgan fingerprint density at radius 1 is 1.42 bits per heavy atom. The van der Waals surface area contributed by atoms with Crippen molar-refractivity contribution >= 4 is 29.3 Å². The van der Waals surface area contributed by atoms with Gasteiger partial charge in [0.1, 0.15) is 5.54 Å². The maximum atomic E-state index is 11.8. The van der Waals surface area contributed by atoms with E-state index in [4.69, 9.17) is 16.3 Å². The second kappa shape index (κ2) is 7.78. The number of nitrogens with one attached hydrogen (secondary N) is 1. The molecule has 1 unspecified atom stereocenters. The summed E-state index contributed by atoms with van der Waals surface area (Å²) < 4.78 is 4.85. The van der Waals surface area contributed by atoms with Crippen LogP contribution in [0.2, 0.25) is 5.02 Å². The number of esters is 1. The SMILES string of the molecule is CCNC(C)(CSCc1ccc(Cl)cc1)C(=O)OC. The van der Waals surface area contributed by atoms with E-state index in [-0.39, 0.29) is 5.97 Å². The van der Waals surface area contributed by atoms with Gasteiger partial charge in [0.15, 0.2) is 0 Å². The Morgan fingerprint density at radius 2 is 2.05 bits per heavy atom. The minimum Gasteiger partial charge on any atom is -0.468 e. The van der Waals surface area contributed by atoms with Crippen LogP contribution in [0.5, 0.6) is 0 Å². The molecule has 106 valence electrons. The van der Waals surface area contributed by atoms with Gasteiger partial charge >= 0.3 is 5.97 Å². The van der Waals surface area contributed by atoms with Crippen molar-refractivity contribution in [3.05, 3.63) is 34.9 Å². The van der Waals surface area contributed by atoms with Crippen LogP contribution in [-0.2, 0) is 15.3 Å². The van der Waals surface area contributed by atoms with E-state index in [1.165, 1.54) is 12.7 Å². The number of hydrogen-bond acceptors (Lipinski definition) is 4. The molecule has 0 fully saturated rings. The summed E-state index contributed by atoms with van der Waals surface area (Å²) in [6, 6.07) is 7.75. The second-order valence-electron chi connectivity index (χ2n) is 4.47. The fourth-order valence-corrected chi connectivity index (χ4v) is 3.04. The first-order valence-corrected chi connectivity index (χ1v) is 7.70. The lowest BCUT2D eigenvalue weighted by molar-refractivity contribution is -0.146. The zero-order valence-corrected chi connectivity index (χ0v) is 13.1. The number of carbonyl (C=O) groups excluding carboxylic acids is 1. The third-order valence-electron chi connectivity index (χ3n) is 2.78. The number of halogens is 1.